The highest BCUT2D eigenvalue weighted by atomic mass is 19.4. The number of anilines is 3. The first-order chi connectivity index (χ1) is 20.9. The van der Waals surface area contributed by atoms with Crippen LogP contribution >= 0.6 is 0 Å². The summed E-state index contributed by atoms with van der Waals surface area (Å²) < 4.78 is 50.1. The molecule has 3 heterocycles. The molecule has 13 heteroatoms. The van der Waals surface area contributed by atoms with Crippen molar-refractivity contribution < 1.29 is 27.1 Å². The number of ether oxygens (including phenoxy) is 1. The van der Waals surface area contributed by atoms with Gasteiger partial charge in [0.15, 0.2) is 5.76 Å². The highest BCUT2D eigenvalue weighted by Crippen LogP contribution is 2.30. The van der Waals surface area contributed by atoms with Crippen molar-refractivity contribution in [3.8, 4) is 11.3 Å². The van der Waals surface area contributed by atoms with Crippen LogP contribution in [0.5, 0.6) is 0 Å². The number of piperidine rings is 1. The van der Waals surface area contributed by atoms with Gasteiger partial charge in [-0.2, -0.15) is 13.2 Å². The summed E-state index contributed by atoms with van der Waals surface area (Å²) >= 11 is 0. The van der Waals surface area contributed by atoms with E-state index in [4.69, 9.17) is 9.15 Å². The second kappa shape index (κ2) is 13.4. The maximum Gasteiger partial charge on any atom is 0.451 e. The lowest BCUT2D eigenvalue weighted by Gasteiger charge is -2.40. The molecule has 1 aliphatic heterocycles. The van der Waals surface area contributed by atoms with Crippen molar-refractivity contribution in [1.29, 1.82) is 0 Å². The number of halogens is 3. The van der Waals surface area contributed by atoms with Crippen LogP contribution in [0.2, 0.25) is 0 Å². The maximum absolute atomic E-state index is 12.9. The monoisotopic (exact) mass is 615 g/mol. The van der Waals surface area contributed by atoms with Gasteiger partial charge in [0.05, 0.1) is 30.9 Å². The number of amides is 1. The molecule has 1 saturated carbocycles. The van der Waals surface area contributed by atoms with Crippen LogP contribution in [0.3, 0.4) is 0 Å². The first-order valence-corrected chi connectivity index (χ1v) is 15.1. The van der Waals surface area contributed by atoms with Crippen molar-refractivity contribution in [3.63, 3.8) is 0 Å². The Morgan fingerprint density at radius 1 is 1.02 bits per heavy atom. The Morgan fingerprint density at radius 3 is 2.50 bits per heavy atom. The average Bonchev–Trinajstić information content (AvgIpc) is 3.45. The number of oxazole rings is 1. The van der Waals surface area contributed by atoms with Gasteiger partial charge in [-0.15, -0.1) is 0 Å². The molecule has 5 rings (SSSR count). The van der Waals surface area contributed by atoms with Crippen molar-refractivity contribution in [2.24, 2.45) is 5.41 Å². The summed E-state index contributed by atoms with van der Waals surface area (Å²) in [6.07, 6.45) is 5.13. The molecule has 2 aromatic heterocycles. The van der Waals surface area contributed by atoms with Gasteiger partial charge in [0, 0.05) is 42.5 Å². The standard InChI is InChI=1S/C31H40F3N7O3/c1-30(2,3)19-43-29(42)39-21-9-6-8-20(14-21)26-17-37-28(44-26)40-25-12-5-4-11-24(25)38-22-10-7-13-41(18-22)23-15-35-27(36-16-23)31(32,33)34/h6,8-9,14-17,22,24-25,38H,4-5,7,10-13,18-19H2,1-3H3,(H,37,40)(H,39,42)/t22-,24+,25+/m0/s1. The average molecular weight is 616 g/mol. The fraction of sp³-hybridized carbons (Fsp3) is 0.548. The Morgan fingerprint density at radius 2 is 1.77 bits per heavy atom. The maximum atomic E-state index is 12.9. The summed E-state index contributed by atoms with van der Waals surface area (Å²) in [4.78, 5) is 25.8. The summed E-state index contributed by atoms with van der Waals surface area (Å²) in [6.45, 7) is 7.69. The summed E-state index contributed by atoms with van der Waals surface area (Å²) in [5.74, 6) is -0.555. The summed E-state index contributed by atoms with van der Waals surface area (Å²) in [5.41, 5.74) is 1.83. The number of hydrogen-bond donors (Lipinski definition) is 3. The minimum Gasteiger partial charge on any atom is -0.449 e. The quantitative estimate of drug-likeness (QED) is 0.254. The van der Waals surface area contributed by atoms with Crippen molar-refractivity contribution >= 4 is 23.5 Å². The third-order valence-corrected chi connectivity index (χ3v) is 7.74. The fourth-order valence-corrected chi connectivity index (χ4v) is 5.60. The van der Waals surface area contributed by atoms with Gasteiger partial charge in [-0.25, -0.2) is 19.7 Å². The van der Waals surface area contributed by atoms with Gasteiger partial charge >= 0.3 is 12.3 Å². The molecule has 0 unspecified atom stereocenters. The third-order valence-electron chi connectivity index (χ3n) is 7.74. The van der Waals surface area contributed by atoms with Crippen molar-refractivity contribution in [1.82, 2.24) is 20.3 Å². The Kier molecular flexibility index (Phi) is 9.62. The molecule has 2 aliphatic rings. The minimum atomic E-state index is -4.56. The van der Waals surface area contributed by atoms with Gasteiger partial charge in [-0.1, -0.05) is 45.7 Å². The van der Waals surface area contributed by atoms with Gasteiger partial charge in [0.1, 0.15) is 0 Å². The summed E-state index contributed by atoms with van der Waals surface area (Å²) in [5, 5.41) is 10.0. The van der Waals surface area contributed by atoms with E-state index in [1.54, 1.807) is 12.3 Å². The van der Waals surface area contributed by atoms with Gasteiger partial charge in [-0.05, 0) is 43.2 Å². The molecule has 0 bridgehead atoms. The summed E-state index contributed by atoms with van der Waals surface area (Å²) in [7, 11) is 0. The minimum absolute atomic E-state index is 0.102. The topological polar surface area (TPSA) is 117 Å². The van der Waals surface area contributed by atoms with Crippen LogP contribution in [0.1, 0.15) is 65.1 Å². The molecule has 0 spiro atoms. The predicted molar refractivity (Wildman–Crippen MR) is 161 cm³/mol. The van der Waals surface area contributed by atoms with Crippen molar-refractivity contribution in [3.05, 3.63) is 48.7 Å². The van der Waals surface area contributed by atoms with E-state index in [0.717, 1.165) is 50.6 Å². The van der Waals surface area contributed by atoms with E-state index >= 15 is 0 Å². The smallest absolute Gasteiger partial charge is 0.449 e. The normalized spacial score (nSPS) is 21.1. The number of carbonyl (C=O) groups excluding carboxylic acids is 1. The predicted octanol–water partition coefficient (Wildman–Crippen LogP) is 6.73. The van der Waals surface area contributed by atoms with E-state index in [1.807, 2.05) is 43.9 Å². The zero-order chi connectivity index (χ0) is 31.3. The van der Waals surface area contributed by atoms with Gasteiger partial charge in [0.2, 0.25) is 5.82 Å². The summed E-state index contributed by atoms with van der Waals surface area (Å²) in [6, 6.07) is 8.19. The second-order valence-electron chi connectivity index (χ2n) is 12.7. The largest absolute Gasteiger partial charge is 0.451 e. The van der Waals surface area contributed by atoms with Crippen LogP contribution < -0.4 is 20.9 Å². The van der Waals surface area contributed by atoms with Crippen LogP contribution in [0.4, 0.5) is 35.4 Å². The molecule has 2 fully saturated rings. The van der Waals surface area contributed by atoms with E-state index in [1.165, 1.54) is 12.4 Å². The number of nitrogens with zero attached hydrogens (tertiary/aromatic N) is 4. The zero-order valence-corrected chi connectivity index (χ0v) is 25.3. The number of rotatable bonds is 8. The fourth-order valence-electron chi connectivity index (χ4n) is 5.60. The van der Waals surface area contributed by atoms with E-state index in [9.17, 15) is 18.0 Å². The number of carbonyl (C=O) groups is 1. The number of benzene rings is 1. The molecule has 1 aliphatic carbocycles. The number of aromatic nitrogens is 3. The van der Waals surface area contributed by atoms with E-state index in [2.05, 4.69) is 30.9 Å². The van der Waals surface area contributed by atoms with Crippen molar-refractivity contribution in [2.75, 3.05) is 35.2 Å². The van der Waals surface area contributed by atoms with Gasteiger partial charge < -0.3 is 24.7 Å². The highest BCUT2D eigenvalue weighted by molar-refractivity contribution is 5.85. The lowest BCUT2D eigenvalue weighted by molar-refractivity contribution is -0.145. The molecule has 1 amide bonds. The van der Waals surface area contributed by atoms with Crippen LogP contribution in [-0.4, -0.2) is 58.9 Å². The van der Waals surface area contributed by atoms with Crippen LogP contribution in [0, 0.1) is 5.41 Å². The lowest BCUT2D eigenvalue weighted by atomic mass is 9.89. The Labute approximate surface area is 255 Å². The molecule has 1 aromatic carbocycles. The van der Waals surface area contributed by atoms with Crippen LogP contribution in [-0.2, 0) is 10.9 Å². The molecule has 1 saturated heterocycles. The SMILES string of the molecule is CC(C)(C)COC(=O)Nc1cccc(-c2cnc(N[C@@H]3CCCC[C@H]3N[C@H]3CCCN(c4cnc(C(F)(F)F)nc4)C3)o2)c1. The molecule has 3 atom stereocenters. The molecular weight excluding hydrogens is 575 g/mol. The molecule has 0 radical (unpaired) electrons. The van der Waals surface area contributed by atoms with E-state index < -0.39 is 18.1 Å². The molecule has 10 nitrogen and oxygen atoms in total. The third kappa shape index (κ3) is 8.61. The highest BCUT2D eigenvalue weighted by Gasteiger charge is 2.35. The van der Waals surface area contributed by atoms with Crippen LogP contribution in [0.15, 0.2) is 47.3 Å². The Balaban J connectivity index is 1.18. The first-order valence-electron chi connectivity index (χ1n) is 15.1. The van der Waals surface area contributed by atoms with E-state index in [-0.39, 0.29) is 23.5 Å². The lowest BCUT2D eigenvalue weighted by Crippen LogP contribution is -2.55. The number of hydrogen-bond acceptors (Lipinski definition) is 9. The second-order valence-corrected chi connectivity index (χ2v) is 12.7. The van der Waals surface area contributed by atoms with Gasteiger partial charge in [0.25, 0.3) is 6.01 Å². The zero-order valence-electron chi connectivity index (χ0n) is 25.3. The molecule has 3 aromatic rings. The van der Waals surface area contributed by atoms with Gasteiger partial charge in [-0.3, -0.25) is 5.32 Å². The number of alkyl halides is 3. The molecule has 238 valence electrons. The van der Waals surface area contributed by atoms with Crippen molar-refractivity contribution in [2.45, 2.75) is 83.6 Å². The van der Waals surface area contributed by atoms with E-state index in [0.29, 0.717) is 36.3 Å². The molecular formula is C31H40F3N7O3. The Hall–Kier alpha value is -3.87. The molecule has 3 N–H and O–H groups in total. The Bertz CT molecular complexity index is 1390. The molecule has 44 heavy (non-hydrogen) atoms. The number of nitrogens with one attached hydrogen (secondary N) is 3. The first kappa shape index (κ1) is 31.6. The van der Waals surface area contributed by atoms with Crippen LogP contribution in [0.25, 0.3) is 11.3 Å².